The number of nitrogens with zero attached hydrogens (tertiary/aromatic N) is 3. The lowest BCUT2D eigenvalue weighted by atomic mass is 10.0. The second-order valence-electron chi connectivity index (χ2n) is 11.1. The van der Waals surface area contributed by atoms with Crippen molar-refractivity contribution < 1.29 is 27.1 Å². The van der Waals surface area contributed by atoms with Gasteiger partial charge in [0.25, 0.3) is 5.91 Å². The molecule has 2 aromatic carbocycles. The summed E-state index contributed by atoms with van der Waals surface area (Å²) >= 11 is 2.45. The van der Waals surface area contributed by atoms with Crippen LogP contribution in [0.4, 0.5) is 18.9 Å². The minimum atomic E-state index is -4.34. The first-order valence-corrected chi connectivity index (χ1v) is 15.7. The maximum absolute atomic E-state index is 13.1. The Bertz CT molecular complexity index is 1540. The van der Waals surface area contributed by atoms with Crippen molar-refractivity contribution in [1.82, 2.24) is 15.2 Å². The van der Waals surface area contributed by atoms with Gasteiger partial charge in [-0.1, -0.05) is 22.6 Å². The summed E-state index contributed by atoms with van der Waals surface area (Å²) in [6.07, 6.45) is 2.47. The number of nitrogens with one attached hydrogen (secondary N) is 1. The molecule has 2 atom stereocenters. The molecule has 2 aliphatic rings. The van der Waals surface area contributed by atoms with E-state index in [1.165, 1.54) is 17.7 Å². The zero-order valence-electron chi connectivity index (χ0n) is 23.4. The number of halogens is 4. The van der Waals surface area contributed by atoms with E-state index < -0.39 is 11.7 Å². The number of likely N-dealkylation sites (tertiary alicyclic amines) is 1. The molecule has 2 fully saturated rings. The van der Waals surface area contributed by atoms with Gasteiger partial charge in [-0.3, -0.25) is 14.7 Å². The van der Waals surface area contributed by atoms with Gasteiger partial charge in [0.2, 0.25) is 0 Å². The number of rotatable bonds is 7. The first-order chi connectivity index (χ1) is 20.7. The molecule has 6 rings (SSSR count). The van der Waals surface area contributed by atoms with Crippen molar-refractivity contribution in [3.63, 3.8) is 0 Å². The first-order valence-electron chi connectivity index (χ1n) is 14.4. The van der Waals surface area contributed by atoms with Gasteiger partial charge in [0, 0.05) is 74.6 Å². The summed E-state index contributed by atoms with van der Waals surface area (Å²) in [5.41, 5.74) is 1.95. The highest BCUT2D eigenvalue weighted by Gasteiger charge is 2.31. The number of carbonyl (C=O) groups excluding carboxylic acids is 1. The molecule has 2 saturated heterocycles. The van der Waals surface area contributed by atoms with Gasteiger partial charge in [-0.2, -0.15) is 13.2 Å². The van der Waals surface area contributed by atoms with Gasteiger partial charge in [0.1, 0.15) is 17.4 Å². The Hall–Kier alpha value is -3.32. The molecule has 2 aliphatic heterocycles. The number of aromatic nitrogens is 1. The predicted molar refractivity (Wildman–Crippen MR) is 166 cm³/mol. The van der Waals surface area contributed by atoms with Crippen LogP contribution in [-0.2, 0) is 12.7 Å². The predicted octanol–water partition coefficient (Wildman–Crippen LogP) is 7.05. The lowest BCUT2D eigenvalue weighted by molar-refractivity contribution is -0.137. The number of furan rings is 1. The van der Waals surface area contributed by atoms with Crippen LogP contribution in [0.2, 0.25) is 0 Å². The Labute approximate surface area is 261 Å². The molecule has 1 N–H and O–H groups in total. The highest BCUT2D eigenvalue weighted by atomic mass is 127. The first kappa shape index (κ1) is 29.7. The van der Waals surface area contributed by atoms with Crippen molar-refractivity contribution >= 4 is 45.2 Å². The van der Waals surface area contributed by atoms with Crippen LogP contribution < -0.4 is 15.0 Å². The fraction of sp³-hybridized carbons (Fsp3) is 0.375. The molecule has 0 radical (unpaired) electrons. The number of alkyl halides is 4. The monoisotopic (exact) mass is 704 g/mol. The lowest BCUT2D eigenvalue weighted by Gasteiger charge is -2.36. The summed E-state index contributed by atoms with van der Waals surface area (Å²) in [6.45, 7) is 3.13. The third-order valence-electron chi connectivity index (χ3n) is 8.13. The van der Waals surface area contributed by atoms with E-state index in [1.54, 1.807) is 6.07 Å². The van der Waals surface area contributed by atoms with E-state index in [-0.39, 0.29) is 23.8 Å². The number of ether oxygens (including phenoxy) is 1. The van der Waals surface area contributed by atoms with Crippen molar-refractivity contribution in [1.29, 1.82) is 0 Å². The van der Waals surface area contributed by atoms with Crippen molar-refractivity contribution in [3.8, 4) is 5.75 Å². The standard InChI is InChI=1S/C32H32F3IN4O3/c33-32(34,35)23-2-4-25(5-3-23)39-15-10-26(11-16-39)42-27-6-1-22-17-29(43-28(22)19-27)31(41)38-24-9-14-40(30(36)18-24)20-21-7-12-37-13-8-21/h1-8,12-13,17,19,24,26,30H,9-11,14-16,18,20H2,(H,38,41). The maximum Gasteiger partial charge on any atom is 0.416 e. The van der Waals surface area contributed by atoms with Crippen LogP contribution in [-0.4, -0.2) is 51.6 Å². The molecule has 0 bridgehead atoms. The fourth-order valence-electron chi connectivity index (χ4n) is 5.73. The van der Waals surface area contributed by atoms with E-state index in [2.05, 4.69) is 42.7 Å². The molecule has 7 nitrogen and oxygen atoms in total. The average molecular weight is 705 g/mol. The zero-order chi connectivity index (χ0) is 30.0. The minimum absolute atomic E-state index is 0.0217. The largest absolute Gasteiger partial charge is 0.490 e. The number of amides is 1. The molecular formula is C32H32F3IN4O3. The number of anilines is 1. The molecule has 226 valence electrons. The van der Waals surface area contributed by atoms with Crippen LogP contribution >= 0.6 is 22.6 Å². The Morgan fingerprint density at radius 3 is 2.44 bits per heavy atom. The third-order valence-corrected chi connectivity index (χ3v) is 9.43. The summed E-state index contributed by atoms with van der Waals surface area (Å²) in [6, 6.07) is 16.8. The molecule has 43 heavy (non-hydrogen) atoms. The van der Waals surface area contributed by atoms with Crippen LogP contribution in [0.15, 0.2) is 77.5 Å². The summed E-state index contributed by atoms with van der Waals surface area (Å²) in [5, 5.41) is 3.98. The molecule has 4 aromatic rings. The van der Waals surface area contributed by atoms with Crippen molar-refractivity contribution in [3.05, 3.63) is 89.9 Å². The van der Waals surface area contributed by atoms with Crippen LogP contribution in [0.1, 0.15) is 47.4 Å². The van der Waals surface area contributed by atoms with Gasteiger partial charge < -0.3 is 19.4 Å². The molecule has 2 aromatic heterocycles. The van der Waals surface area contributed by atoms with E-state index in [9.17, 15) is 18.0 Å². The number of benzene rings is 2. The molecule has 2 unspecified atom stereocenters. The van der Waals surface area contributed by atoms with Crippen LogP contribution in [0.5, 0.6) is 5.75 Å². The quantitative estimate of drug-likeness (QED) is 0.126. The Kier molecular flexibility index (Phi) is 8.80. The van der Waals surface area contributed by atoms with E-state index in [1.807, 2.05) is 42.7 Å². The Morgan fingerprint density at radius 2 is 1.74 bits per heavy atom. The fourth-order valence-corrected chi connectivity index (χ4v) is 6.82. The van der Waals surface area contributed by atoms with E-state index in [0.717, 1.165) is 62.0 Å². The topological polar surface area (TPSA) is 70.8 Å². The van der Waals surface area contributed by atoms with Gasteiger partial charge in [-0.05, 0) is 73.0 Å². The van der Waals surface area contributed by atoms with Crippen molar-refractivity contribution in [2.45, 2.75) is 54.6 Å². The van der Waals surface area contributed by atoms with Gasteiger partial charge in [-0.25, -0.2) is 0 Å². The molecule has 0 saturated carbocycles. The van der Waals surface area contributed by atoms with Crippen molar-refractivity contribution in [2.24, 2.45) is 0 Å². The molecule has 0 aliphatic carbocycles. The lowest BCUT2D eigenvalue weighted by Crippen LogP contribution is -2.47. The SMILES string of the molecule is O=C(NC1CCN(Cc2ccncc2)C(I)C1)c1cc2ccc(OC3CCN(c4ccc(C(F)(F)F)cc4)CC3)cc2o1. The highest BCUT2D eigenvalue weighted by Crippen LogP contribution is 2.32. The molecule has 0 spiro atoms. The van der Waals surface area contributed by atoms with E-state index >= 15 is 0 Å². The number of hydrogen-bond donors (Lipinski definition) is 1. The van der Waals surface area contributed by atoms with Crippen molar-refractivity contribution in [2.75, 3.05) is 24.5 Å². The number of hydrogen-bond acceptors (Lipinski definition) is 6. The summed E-state index contributed by atoms with van der Waals surface area (Å²) in [5.74, 6) is 0.725. The zero-order valence-corrected chi connectivity index (χ0v) is 25.6. The van der Waals surface area contributed by atoms with E-state index in [0.29, 0.717) is 28.5 Å². The summed E-state index contributed by atoms with van der Waals surface area (Å²) in [4.78, 5) is 21.6. The molecular weight excluding hydrogens is 672 g/mol. The molecule has 4 heterocycles. The number of pyridine rings is 1. The number of fused-ring (bicyclic) bond motifs is 1. The normalized spacial score (nSPS) is 20.3. The highest BCUT2D eigenvalue weighted by molar-refractivity contribution is 14.1. The second-order valence-corrected chi connectivity index (χ2v) is 12.6. The molecule has 1 amide bonds. The van der Waals surface area contributed by atoms with Gasteiger partial charge >= 0.3 is 6.18 Å². The minimum Gasteiger partial charge on any atom is -0.490 e. The van der Waals surface area contributed by atoms with Gasteiger partial charge in [-0.15, -0.1) is 0 Å². The van der Waals surface area contributed by atoms with Gasteiger partial charge in [0.05, 0.1) is 9.61 Å². The third kappa shape index (κ3) is 7.26. The summed E-state index contributed by atoms with van der Waals surface area (Å²) in [7, 11) is 0. The smallest absolute Gasteiger partial charge is 0.416 e. The Balaban J connectivity index is 1.00. The Morgan fingerprint density at radius 1 is 1.00 bits per heavy atom. The maximum atomic E-state index is 13.1. The van der Waals surface area contributed by atoms with Crippen LogP contribution in [0.3, 0.4) is 0 Å². The summed E-state index contributed by atoms with van der Waals surface area (Å²) < 4.78 is 51.1. The second kappa shape index (κ2) is 12.7. The van der Waals surface area contributed by atoms with E-state index in [4.69, 9.17) is 9.15 Å². The average Bonchev–Trinajstić information content (AvgIpc) is 3.43. The van der Waals surface area contributed by atoms with Gasteiger partial charge in [0.15, 0.2) is 5.76 Å². The van der Waals surface area contributed by atoms with Crippen LogP contribution in [0, 0.1) is 0 Å². The number of carbonyl (C=O) groups is 1. The molecule has 11 heteroatoms. The van der Waals surface area contributed by atoms with Crippen LogP contribution in [0.25, 0.3) is 11.0 Å². The number of piperidine rings is 2.